The molecule has 0 aliphatic carbocycles. The van der Waals surface area contributed by atoms with Crippen LogP contribution in [-0.4, -0.2) is 9.78 Å². The van der Waals surface area contributed by atoms with Crippen LogP contribution in [0.15, 0.2) is 6.20 Å². The highest BCUT2D eigenvalue weighted by Gasteiger charge is 2.09. The lowest BCUT2D eigenvalue weighted by Crippen LogP contribution is -1.98. The SMILES string of the molecule is CCCn1cc(Cl)c(C(C)C)n1. The van der Waals surface area contributed by atoms with Crippen LogP contribution in [-0.2, 0) is 6.54 Å². The van der Waals surface area contributed by atoms with Crippen LogP contribution in [0.3, 0.4) is 0 Å². The van der Waals surface area contributed by atoms with Crippen LogP contribution in [0.5, 0.6) is 0 Å². The summed E-state index contributed by atoms with van der Waals surface area (Å²) in [7, 11) is 0. The van der Waals surface area contributed by atoms with Gasteiger partial charge in [-0.1, -0.05) is 32.4 Å². The maximum atomic E-state index is 5.99. The van der Waals surface area contributed by atoms with Gasteiger partial charge in [-0.25, -0.2) is 0 Å². The molecule has 3 heteroatoms. The predicted molar refractivity (Wildman–Crippen MR) is 51.6 cm³/mol. The quantitative estimate of drug-likeness (QED) is 0.710. The lowest BCUT2D eigenvalue weighted by molar-refractivity contribution is 0.588. The third-order valence-corrected chi connectivity index (χ3v) is 2.03. The summed E-state index contributed by atoms with van der Waals surface area (Å²) in [5.41, 5.74) is 1.00. The molecule has 0 aromatic carbocycles. The molecular weight excluding hydrogens is 172 g/mol. The number of hydrogen-bond acceptors (Lipinski definition) is 1. The van der Waals surface area contributed by atoms with Crippen molar-refractivity contribution in [1.29, 1.82) is 0 Å². The molecule has 1 rings (SSSR count). The maximum absolute atomic E-state index is 5.99. The molecular formula is C9H15ClN2. The van der Waals surface area contributed by atoms with E-state index in [1.54, 1.807) is 0 Å². The molecule has 68 valence electrons. The van der Waals surface area contributed by atoms with Gasteiger partial charge in [0.05, 0.1) is 10.7 Å². The first-order chi connectivity index (χ1) is 5.65. The Hall–Kier alpha value is -0.500. The highest BCUT2D eigenvalue weighted by molar-refractivity contribution is 6.31. The van der Waals surface area contributed by atoms with Crippen LogP contribution in [0.25, 0.3) is 0 Å². The van der Waals surface area contributed by atoms with E-state index in [1.165, 1.54) is 0 Å². The van der Waals surface area contributed by atoms with Crippen LogP contribution >= 0.6 is 11.6 Å². The Kier molecular flexibility index (Phi) is 3.15. The monoisotopic (exact) mass is 186 g/mol. The minimum atomic E-state index is 0.413. The van der Waals surface area contributed by atoms with E-state index in [0.29, 0.717) is 5.92 Å². The minimum Gasteiger partial charge on any atom is -0.271 e. The van der Waals surface area contributed by atoms with Crippen molar-refractivity contribution in [2.45, 2.75) is 39.7 Å². The molecule has 0 unspecified atom stereocenters. The van der Waals surface area contributed by atoms with Gasteiger partial charge in [0, 0.05) is 12.7 Å². The van der Waals surface area contributed by atoms with Crippen molar-refractivity contribution in [3.63, 3.8) is 0 Å². The number of aromatic nitrogens is 2. The van der Waals surface area contributed by atoms with Crippen LogP contribution in [0.2, 0.25) is 5.02 Å². The van der Waals surface area contributed by atoms with E-state index < -0.39 is 0 Å². The first-order valence-electron chi connectivity index (χ1n) is 4.38. The maximum Gasteiger partial charge on any atom is 0.0836 e. The predicted octanol–water partition coefficient (Wildman–Crippen LogP) is 3.07. The molecule has 0 saturated heterocycles. The minimum absolute atomic E-state index is 0.413. The van der Waals surface area contributed by atoms with E-state index in [2.05, 4.69) is 25.9 Å². The van der Waals surface area contributed by atoms with Gasteiger partial charge in [0.25, 0.3) is 0 Å². The third kappa shape index (κ3) is 2.01. The molecule has 1 heterocycles. The smallest absolute Gasteiger partial charge is 0.0836 e. The fourth-order valence-corrected chi connectivity index (χ4v) is 1.52. The average molecular weight is 187 g/mol. The van der Waals surface area contributed by atoms with Gasteiger partial charge in [-0.2, -0.15) is 5.10 Å². The molecule has 0 amide bonds. The number of aryl methyl sites for hydroxylation is 1. The molecule has 1 aromatic rings. The summed E-state index contributed by atoms with van der Waals surface area (Å²) in [6.07, 6.45) is 3.00. The summed E-state index contributed by atoms with van der Waals surface area (Å²) in [5, 5.41) is 5.17. The molecule has 0 atom stereocenters. The zero-order valence-electron chi connectivity index (χ0n) is 7.84. The highest BCUT2D eigenvalue weighted by Crippen LogP contribution is 2.21. The summed E-state index contributed by atoms with van der Waals surface area (Å²) >= 11 is 5.99. The van der Waals surface area contributed by atoms with Gasteiger partial charge >= 0.3 is 0 Å². The summed E-state index contributed by atoms with van der Waals surface area (Å²) in [6.45, 7) is 7.28. The number of nitrogens with zero attached hydrogens (tertiary/aromatic N) is 2. The summed E-state index contributed by atoms with van der Waals surface area (Å²) in [4.78, 5) is 0. The molecule has 0 N–H and O–H groups in total. The normalized spacial score (nSPS) is 11.1. The van der Waals surface area contributed by atoms with Gasteiger partial charge in [-0.3, -0.25) is 4.68 Å². The molecule has 0 fully saturated rings. The standard InChI is InChI=1S/C9H15ClN2/c1-4-5-12-6-8(10)9(11-12)7(2)3/h6-7H,4-5H2,1-3H3. The summed E-state index contributed by atoms with van der Waals surface area (Å²) < 4.78 is 1.91. The van der Waals surface area contributed by atoms with E-state index in [4.69, 9.17) is 11.6 Å². The molecule has 0 bridgehead atoms. The van der Waals surface area contributed by atoms with Crippen molar-refractivity contribution in [2.75, 3.05) is 0 Å². The Bertz CT molecular complexity index is 253. The van der Waals surface area contributed by atoms with Crippen molar-refractivity contribution in [3.8, 4) is 0 Å². The molecule has 2 nitrogen and oxygen atoms in total. The Morgan fingerprint density at radius 2 is 2.25 bits per heavy atom. The van der Waals surface area contributed by atoms with Gasteiger partial charge in [-0.15, -0.1) is 0 Å². The Labute approximate surface area is 78.5 Å². The summed E-state index contributed by atoms with van der Waals surface area (Å²) in [6, 6.07) is 0. The molecule has 0 spiro atoms. The van der Waals surface area contributed by atoms with Crippen LogP contribution < -0.4 is 0 Å². The zero-order valence-corrected chi connectivity index (χ0v) is 8.60. The largest absolute Gasteiger partial charge is 0.271 e. The second-order valence-corrected chi connectivity index (χ2v) is 3.69. The lowest BCUT2D eigenvalue weighted by atomic mass is 10.1. The molecule has 0 aliphatic rings. The second-order valence-electron chi connectivity index (χ2n) is 3.28. The molecule has 0 aliphatic heterocycles. The molecule has 0 saturated carbocycles. The molecule has 0 radical (unpaired) electrons. The Morgan fingerprint density at radius 3 is 2.67 bits per heavy atom. The molecule has 12 heavy (non-hydrogen) atoms. The van der Waals surface area contributed by atoms with Gasteiger partial charge in [0.2, 0.25) is 0 Å². The number of halogens is 1. The number of rotatable bonds is 3. The van der Waals surface area contributed by atoms with Crippen molar-refractivity contribution < 1.29 is 0 Å². The Balaban J connectivity index is 2.85. The van der Waals surface area contributed by atoms with Gasteiger partial charge in [0.1, 0.15) is 0 Å². The first kappa shape index (κ1) is 9.59. The van der Waals surface area contributed by atoms with Gasteiger partial charge in [-0.05, 0) is 12.3 Å². The van der Waals surface area contributed by atoms with Crippen molar-refractivity contribution in [3.05, 3.63) is 16.9 Å². The zero-order chi connectivity index (χ0) is 9.14. The number of hydrogen-bond donors (Lipinski definition) is 0. The Morgan fingerprint density at radius 1 is 1.58 bits per heavy atom. The topological polar surface area (TPSA) is 17.8 Å². The highest BCUT2D eigenvalue weighted by atomic mass is 35.5. The van der Waals surface area contributed by atoms with E-state index in [9.17, 15) is 0 Å². The summed E-state index contributed by atoms with van der Waals surface area (Å²) in [5.74, 6) is 0.413. The van der Waals surface area contributed by atoms with E-state index >= 15 is 0 Å². The first-order valence-corrected chi connectivity index (χ1v) is 4.75. The van der Waals surface area contributed by atoms with Crippen LogP contribution in [0.4, 0.5) is 0 Å². The van der Waals surface area contributed by atoms with Crippen LogP contribution in [0.1, 0.15) is 38.8 Å². The van der Waals surface area contributed by atoms with Crippen molar-refractivity contribution in [1.82, 2.24) is 9.78 Å². The average Bonchev–Trinajstić information content (AvgIpc) is 2.32. The van der Waals surface area contributed by atoms with Crippen LogP contribution in [0, 0.1) is 0 Å². The third-order valence-electron chi connectivity index (χ3n) is 1.74. The van der Waals surface area contributed by atoms with E-state index in [-0.39, 0.29) is 0 Å². The van der Waals surface area contributed by atoms with Gasteiger partial charge in [0.15, 0.2) is 0 Å². The fraction of sp³-hybridized carbons (Fsp3) is 0.667. The van der Waals surface area contributed by atoms with E-state index in [0.717, 1.165) is 23.7 Å². The lowest BCUT2D eigenvalue weighted by Gasteiger charge is -1.99. The fourth-order valence-electron chi connectivity index (χ4n) is 1.15. The second kappa shape index (κ2) is 3.94. The van der Waals surface area contributed by atoms with Crippen molar-refractivity contribution >= 4 is 11.6 Å². The molecule has 1 aromatic heterocycles. The van der Waals surface area contributed by atoms with Gasteiger partial charge < -0.3 is 0 Å². The van der Waals surface area contributed by atoms with Crippen molar-refractivity contribution in [2.24, 2.45) is 0 Å². The van der Waals surface area contributed by atoms with E-state index in [1.807, 2.05) is 10.9 Å².